The van der Waals surface area contributed by atoms with Crippen molar-refractivity contribution in [2.75, 3.05) is 30.9 Å². The normalized spacial score (nSPS) is 15.4. The van der Waals surface area contributed by atoms with Crippen LogP contribution in [0.3, 0.4) is 0 Å². The number of carbonyl (C=O) groups is 9. The number of nitrogens with one attached hydrogen (secondary N) is 1. The van der Waals surface area contributed by atoms with Crippen LogP contribution in [0, 0.1) is 11.8 Å². The Kier molecular flexibility index (Phi) is 57.2. The smallest absolute Gasteiger partial charge is 0.323 e. The molecule has 1 aromatic rings. The lowest BCUT2D eigenvalue weighted by atomic mass is 10.1. The van der Waals surface area contributed by atoms with Gasteiger partial charge in [0.15, 0.2) is 0 Å². The molecule has 1 heterocycles. The summed E-state index contributed by atoms with van der Waals surface area (Å²) in [4.78, 5) is 89.5. The number of aliphatic hydroxyl groups excluding tert-OH is 2. The average molecular weight is 1110 g/mol. The minimum absolute atomic E-state index is 0.0208. The van der Waals surface area contributed by atoms with Gasteiger partial charge in [0.1, 0.15) is 54.4 Å². The van der Waals surface area contributed by atoms with Crippen LogP contribution >= 0.6 is 24.4 Å². The Morgan fingerprint density at radius 1 is 0.608 bits per heavy atom. The predicted molar refractivity (Wildman–Crippen MR) is 279 cm³/mol. The molecule has 1 fully saturated rings. The molecule has 0 bridgehead atoms. The van der Waals surface area contributed by atoms with E-state index in [0.717, 1.165) is 30.7 Å². The minimum atomic E-state index is -1.18. The highest BCUT2D eigenvalue weighted by Crippen LogP contribution is 2.04. The molecule has 0 unspecified atom stereocenters. The predicted octanol–water partition coefficient (Wildman–Crippen LogP) is -2.97. The summed E-state index contributed by atoms with van der Waals surface area (Å²) >= 11 is 5.25. The van der Waals surface area contributed by atoms with Crippen molar-refractivity contribution in [2.45, 2.75) is 134 Å². The van der Waals surface area contributed by atoms with Crippen molar-refractivity contribution in [1.29, 1.82) is 0 Å². The molecule has 1 aromatic carbocycles. The van der Waals surface area contributed by atoms with Crippen molar-refractivity contribution < 1.29 is 99.3 Å². The maximum absolute atomic E-state index is 10.4. The van der Waals surface area contributed by atoms with E-state index in [1.54, 1.807) is 25.6 Å². The van der Waals surface area contributed by atoms with Gasteiger partial charge in [-0.1, -0.05) is 58.0 Å². The van der Waals surface area contributed by atoms with Crippen LogP contribution in [0.25, 0.3) is 0 Å². The second-order valence-electron chi connectivity index (χ2n) is 16.0. The van der Waals surface area contributed by atoms with E-state index in [-0.39, 0.29) is 17.7 Å². The molecule has 29 nitrogen and oxygen atoms in total. The quantitative estimate of drug-likeness (QED) is 0.0580. The Morgan fingerprint density at radius 2 is 1.01 bits per heavy atom. The van der Waals surface area contributed by atoms with E-state index in [2.05, 4.69) is 17.9 Å². The van der Waals surface area contributed by atoms with Gasteiger partial charge >= 0.3 is 53.7 Å². The number of hydrogen-bond donors (Lipinski definition) is 21. The third-order valence-electron chi connectivity index (χ3n) is 8.19. The molecule has 0 aromatic heterocycles. The van der Waals surface area contributed by atoms with Gasteiger partial charge in [0.25, 0.3) is 0 Å². The third-order valence-corrected chi connectivity index (χ3v) is 9.23. The minimum Gasteiger partial charge on any atom is -0.480 e. The molecule has 74 heavy (non-hydrogen) atoms. The van der Waals surface area contributed by atoms with Crippen LogP contribution in [0.4, 0.5) is 0 Å². The summed E-state index contributed by atoms with van der Waals surface area (Å²) in [6.07, 6.45) is 4.22. The van der Waals surface area contributed by atoms with E-state index >= 15 is 0 Å². The SMILES string of the molecule is CC(C)C[C@H](N)C(=O)O.CC(C)[C@H](N)C(=O)O.CSCC[C@H](N)C(=O)O.C[C@@H](O)[C@H](N)C(=O)O.C[C@H](N)C(=O)O.N[C@@H](CO)C(=O)O.N[C@@H](CS)C(=O)O.N[C@@H](Cc1ccccc1)C(=O)O.O=C(O)[C@@H]1CCCN1. The van der Waals surface area contributed by atoms with E-state index < -0.39 is 115 Å². The Balaban J connectivity index is -0.000000137. The molecule has 0 saturated carbocycles. The van der Waals surface area contributed by atoms with E-state index in [1.165, 1.54) is 13.8 Å². The van der Waals surface area contributed by atoms with Gasteiger partial charge in [-0.05, 0) is 81.9 Å². The van der Waals surface area contributed by atoms with Crippen LogP contribution in [0.5, 0.6) is 0 Å². The van der Waals surface area contributed by atoms with Gasteiger partial charge in [-0.25, -0.2) is 0 Å². The molecule has 1 aliphatic rings. The summed E-state index contributed by atoms with van der Waals surface area (Å²) in [5, 5.41) is 92.9. The molecule has 0 spiro atoms. The van der Waals surface area contributed by atoms with Crippen LogP contribution < -0.4 is 51.2 Å². The zero-order valence-electron chi connectivity index (χ0n) is 42.7. The van der Waals surface area contributed by atoms with Crippen LogP contribution in [-0.4, -0.2) is 201 Å². The Hall–Kier alpha value is -5.29. The van der Waals surface area contributed by atoms with Gasteiger partial charge in [-0.3, -0.25) is 43.2 Å². The zero-order valence-corrected chi connectivity index (χ0v) is 44.5. The second-order valence-corrected chi connectivity index (χ2v) is 17.4. The van der Waals surface area contributed by atoms with Gasteiger partial charge in [0, 0.05) is 5.75 Å². The number of aliphatic hydroxyl groups is 2. The number of carboxylic acid groups (broad SMARTS) is 9. The first-order chi connectivity index (χ1) is 33.8. The number of aliphatic carboxylic acids is 9. The fraction of sp³-hybridized carbons (Fsp3) is 0.651. The first kappa shape index (κ1) is 82.7. The van der Waals surface area contributed by atoms with Crippen LogP contribution in [0.1, 0.15) is 72.8 Å². The molecule has 434 valence electrons. The van der Waals surface area contributed by atoms with Gasteiger partial charge in [-0.15, -0.1) is 0 Å². The molecule has 0 radical (unpaired) electrons. The lowest BCUT2D eigenvalue weighted by Crippen LogP contribution is -2.39. The maximum Gasteiger partial charge on any atom is 0.323 e. The van der Waals surface area contributed by atoms with Gasteiger partial charge in [-0.2, -0.15) is 24.4 Å². The second kappa shape index (κ2) is 51.2. The summed E-state index contributed by atoms with van der Waals surface area (Å²) in [5.41, 5.74) is 41.3. The van der Waals surface area contributed by atoms with Crippen LogP contribution in [0.2, 0.25) is 0 Å². The summed E-state index contributed by atoms with van der Waals surface area (Å²) in [6, 6.07) is 2.36. The van der Waals surface area contributed by atoms with Gasteiger partial charge in [0.05, 0.1) is 12.7 Å². The zero-order chi connectivity index (χ0) is 60.0. The number of nitrogens with two attached hydrogens (primary N) is 8. The number of benzene rings is 1. The standard InChI is InChI=1S/C9H11NO2.C6H13NO2.C5H11NO2S.C5H9NO2.C5H11NO2.C4H9NO3.C3H7NO3.C3H7NO2S.C3H7NO2/c10-8(9(11)12)6-7-4-2-1-3-5-7;1-4(2)3-5(7)6(8)9;1-9-3-2-4(6)5(7)8;7-5(8)4-2-1-3-6-4;1-3(2)4(6)5(7)8;1-2(6)3(5)4(7)8;4-2(1-5)3(6)7;4-2(1-7)3(5)6;1-2(4)3(5)6/h1-5,8H,6,10H2,(H,11,12);4-5H,3,7H2,1-2H3,(H,8,9);4H,2-3,6H2,1H3,(H,7,8);4,6H,1-3H2,(H,7,8);3-4H,6H2,1-2H3,(H,7,8);2-3,6H,5H2,1H3,(H,7,8);2,5H,1,4H2,(H,6,7);2,7H,1,4H2,(H,5,6);2H,4H2,1H3,(H,5,6)/t8-;5-;3*4-;2-,3+;3*2-/m000001000/s1. The van der Waals surface area contributed by atoms with E-state index in [9.17, 15) is 43.2 Å². The molecular formula is C43H85N9O20S2. The molecule has 1 saturated heterocycles. The van der Waals surface area contributed by atoms with Crippen LogP contribution in [0.15, 0.2) is 30.3 Å². The number of rotatable bonds is 20. The van der Waals surface area contributed by atoms with Crippen molar-refractivity contribution in [3.63, 3.8) is 0 Å². The number of thiol groups is 1. The molecule has 0 aliphatic carbocycles. The van der Waals surface area contributed by atoms with Crippen LogP contribution in [-0.2, 0) is 49.6 Å². The fourth-order valence-electron chi connectivity index (χ4n) is 3.48. The largest absolute Gasteiger partial charge is 0.480 e. The molecule has 10 atom stereocenters. The van der Waals surface area contributed by atoms with E-state index in [0.29, 0.717) is 25.2 Å². The molecule has 2 rings (SSSR count). The summed E-state index contributed by atoms with van der Waals surface area (Å²) in [5.74, 6) is -7.38. The van der Waals surface area contributed by atoms with Gasteiger partial charge < -0.3 is 107 Å². The van der Waals surface area contributed by atoms with E-state index in [4.69, 9.17) is 102 Å². The van der Waals surface area contributed by atoms with Crippen molar-refractivity contribution in [3.8, 4) is 0 Å². The summed E-state index contributed by atoms with van der Waals surface area (Å²) in [6.45, 7) is 10.6. The molecular weight excluding hydrogens is 1030 g/mol. The Morgan fingerprint density at radius 3 is 1.18 bits per heavy atom. The highest BCUT2D eigenvalue weighted by atomic mass is 32.2. The lowest BCUT2D eigenvalue weighted by molar-refractivity contribution is -0.141. The average Bonchev–Trinajstić information content (AvgIpc) is 3.87. The summed E-state index contributed by atoms with van der Waals surface area (Å²) < 4.78 is 0. The molecule has 0 amide bonds. The highest BCUT2D eigenvalue weighted by Gasteiger charge is 2.20. The van der Waals surface area contributed by atoms with E-state index in [1.807, 2.05) is 50.4 Å². The number of thioether (sulfide) groups is 1. The van der Waals surface area contributed by atoms with Gasteiger partial charge in [0.2, 0.25) is 0 Å². The Bertz CT molecular complexity index is 1620. The molecule has 31 heteroatoms. The molecule has 1 aliphatic heterocycles. The van der Waals surface area contributed by atoms with Crippen molar-refractivity contribution in [2.24, 2.45) is 57.7 Å². The van der Waals surface area contributed by atoms with Crippen molar-refractivity contribution in [1.82, 2.24) is 5.32 Å². The topological polar surface area (TPSA) is 596 Å². The first-order valence-corrected chi connectivity index (χ1v) is 24.1. The lowest BCUT2D eigenvalue weighted by Gasteiger charge is -2.07. The third kappa shape index (κ3) is 59.3. The van der Waals surface area contributed by atoms with Crippen molar-refractivity contribution >= 4 is 78.1 Å². The maximum atomic E-state index is 10.4. The number of hydrogen-bond acceptors (Lipinski definition) is 22. The Labute approximate surface area is 440 Å². The first-order valence-electron chi connectivity index (χ1n) is 22.1. The fourth-order valence-corrected chi connectivity index (χ4v) is 4.12. The highest BCUT2D eigenvalue weighted by molar-refractivity contribution is 7.98. The summed E-state index contributed by atoms with van der Waals surface area (Å²) in [7, 11) is 0. The van der Waals surface area contributed by atoms with Crippen molar-refractivity contribution in [3.05, 3.63) is 35.9 Å². The molecule has 28 N–H and O–H groups in total. The number of carboxylic acids is 9. The monoisotopic (exact) mass is 1110 g/mol.